The lowest BCUT2D eigenvalue weighted by atomic mass is 10.0. The van der Waals surface area contributed by atoms with E-state index in [1.54, 1.807) is 23.5 Å². The number of hydrogen-bond acceptors (Lipinski definition) is 3. The average molecular weight is 303 g/mol. The van der Waals surface area contributed by atoms with E-state index in [4.69, 9.17) is 4.42 Å². The maximum atomic E-state index is 13.5. The van der Waals surface area contributed by atoms with Crippen molar-refractivity contribution in [3.05, 3.63) is 57.2 Å². The highest BCUT2D eigenvalue weighted by Crippen LogP contribution is 2.36. The first kappa shape index (κ1) is 14.3. The molecule has 0 saturated carbocycles. The minimum absolute atomic E-state index is 0.0189. The lowest BCUT2D eigenvalue weighted by Crippen LogP contribution is -2.21. The summed E-state index contributed by atoms with van der Waals surface area (Å²) in [6.07, 6.45) is 0. The summed E-state index contributed by atoms with van der Waals surface area (Å²) in [6, 6.07) is 6.81. The van der Waals surface area contributed by atoms with Gasteiger partial charge in [0.05, 0.1) is 0 Å². The molecule has 4 heteroatoms. The smallest absolute Gasteiger partial charge is 0.134 e. The van der Waals surface area contributed by atoms with Crippen molar-refractivity contribution in [1.82, 2.24) is 5.32 Å². The van der Waals surface area contributed by atoms with E-state index in [0.29, 0.717) is 0 Å². The molecule has 0 fully saturated rings. The Morgan fingerprint density at radius 2 is 2.10 bits per heavy atom. The number of aryl methyl sites for hydroxylation is 2. The summed E-state index contributed by atoms with van der Waals surface area (Å²) in [7, 11) is 0. The number of nitrogens with one attached hydrogen (secondary N) is 1. The van der Waals surface area contributed by atoms with Crippen molar-refractivity contribution in [1.29, 1.82) is 0 Å². The highest BCUT2D eigenvalue weighted by Gasteiger charge is 2.23. The van der Waals surface area contributed by atoms with Gasteiger partial charge in [0.1, 0.15) is 23.2 Å². The number of thiophene rings is 1. The number of halogens is 1. The molecule has 0 aliphatic carbocycles. The van der Waals surface area contributed by atoms with Crippen LogP contribution in [0.4, 0.5) is 4.39 Å². The Morgan fingerprint density at radius 3 is 2.76 bits per heavy atom. The molecule has 0 aliphatic heterocycles. The van der Waals surface area contributed by atoms with Crippen LogP contribution in [0.25, 0.3) is 11.0 Å². The standard InChI is InChI=1S/C17H18FNOS/c1-4-19-15(17-10(2)7-8-21-17)16-11(3)13-9-12(18)5-6-14(13)20-16/h5-9,15,19H,4H2,1-3H3. The van der Waals surface area contributed by atoms with Gasteiger partial charge >= 0.3 is 0 Å². The van der Waals surface area contributed by atoms with Crippen LogP contribution in [0, 0.1) is 19.7 Å². The predicted molar refractivity (Wildman–Crippen MR) is 85.5 cm³/mol. The zero-order valence-electron chi connectivity index (χ0n) is 12.4. The molecule has 1 N–H and O–H groups in total. The lowest BCUT2D eigenvalue weighted by molar-refractivity contribution is 0.476. The molecule has 2 nitrogen and oxygen atoms in total. The van der Waals surface area contributed by atoms with Crippen LogP contribution in [0.5, 0.6) is 0 Å². The fourth-order valence-electron chi connectivity index (χ4n) is 2.68. The molecule has 0 bridgehead atoms. The largest absolute Gasteiger partial charge is 0.459 e. The number of furan rings is 1. The minimum Gasteiger partial charge on any atom is -0.459 e. The second-order valence-corrected chi connectivity index (χ2v) is 6.14. The number of rotatable bonds is 4. The van der Waals surface area contributed by atoms with Gasteiger partial charge in [0.25, 0.3) is 0 Å². The van der Waals surface area contributed by atoms with Gasteiger partial charge in [0.15, 0.2) is 0 Å². The van der Waals surface area contributed by atoms with E-state index in [2.05, 4.69) is 30.6 Å². The summed E-state index contributed by atoms with van der Waals surface area (Å²) in [6.45, 7) is 7.02. The Bertz CT molecular complexity index is 774. The third kappa shape index (κ3) is 2.49. The molecule has 3 aromatic rings. The molecule has 1 aromatic carbocycles. The number of benzene rings is 1. The molecule has 1 atom stereocenters. The van der Waals surface area contributed by atoms with Gasteiger partial charge in [-0.1, -0.05) is 6.92 Å². The minimum atomic E-state index is -0.231. The van der Waals surface area contributed by atoms with Crippen molar-refractivity contribution in [2.75, 3.05) is 6.54 Å². The van der Waals surface area contributed by atoms with E-state index in [-0.39, 0.29) is 11.9 Å². The van der Waals surface area contributed by atoms with E-state index >= 15 is 0 Å². The van der Waals surface area contributed by atoms with Gasteiger partial charge in [-0.05, 0) is 55.6 Å². The van der Waals surface area contributed by atoms with Crippen molar-refractivity contribution in [3.63, 3.8) is 0 Å². The van der Waals surface area contributed by atoms with E-state index in [9.17, 15) is 4.39 Å². The topological polar surface area (TPSA) is 25.2 Å². The molecule has 0 amide bonds. The van der Waals surface area contributed by atoms with Gasteiger partial charge in [0.2, 0.25) is 0 Å². The van der Waals surface area contributed by atoms with Crippen molar-refractivity contribution in [3.8, 4) is 0 Å². The molecule has 1 unspecified atom stereocenters. The molecule has 0 spiro atoms. The third-order valence-corrected chi connectivity index (χ3v) is 4.85. The first-order valence-electron chi connectivity index (χ1n) is 7.07. The van der Waals surface area contributed by atoms with E-state index in [1.165, 1.54) is 16.5 Å². The van der Waals surface area contributed by atoms with Gasteiger partial charge in [0, 0.05) is 15.8 Å². The van der Waals surface area contributed by atoms with E-state index < -0.39 is 0 Å². The maximum Gasteiger partial charge on any atom is 0.134 e. The molecular weight excluding hydrogens is 285 g/mol. The summed E-state index contributed by atoms with van der Waals surface area (Å²) in [4.78, 5) is 1.25. The molecule has 0 aliphatic rings. The molecule has 110 valence electrons. The molecule has 0 radical (unpaired) electrons. The average Bonchev–Trinajstić information content (AvgIpc) is 3.02. The Labute approximate surface area is 127 Å². The van der Waals surface area contributed by atoms with Crippen LogP contribution < -0.4 is 5.32 Å². The Balaban J connectivity index is 2.16. The Morgan fingerprint density at radius 1 is 1.29 bits per heavy atom. The summed E-state index contributed by atoms with van der Waals surface area (Å²) in [5, 5.41) is 6.42. The Kier molecular flexibility index (Phi) is 3.83. The SMILES string of the molecule is CCNC(c1oc2ccc(F)cc2c1C)c1sccc1C. The first-order valence-corrected chi connectivity index (χ1v) is 7.95. The Hall–Kier alpha value is -1.65. The van der Waals surface area contributed by atoms with Crippen molar-refractivity contribution in [2.45, 2.75) is 26.8 Å². The van der Waals surface area contributed by atoms with Crippen molar-refractivity contribution < 1.29 is 8.81 Å². The number of fused-ring (bicyclic) bond motifs is 1. The summed E-state index contributed by atoms with van der Waals surface area (Å²) < 4.78 is 19.5. The molecular formula is C17H18FNOS. The quantitative estimate of drug-likeness (QED) is 0.738. The fraction of sp³-hybridized carbons (Fsp3) is 0.294. The van der Waals surface area contributed by atoms with E-state index in [0.717, 1.165) is 28.8 Å². The van der Waals surface area contributed by atoms with Crippen LogP contribution in [0.1, 0.15) is 34.7 Å². The van der Waals surface area contributed by atoms with Crippen LogP contribution in [0.15, 0.2) is 34.1 Å². The van der Waals surface area contributed by atoms with Gasteiger partial charge in [-0.15, -0.1) is 11.3 Å². The summed E-state index contributed by atoms with van der Waals surface area (Å²) >= 11 is 1.72. The van der Waals surface area contributed by atoms with Crippen molar-refractivity contribution >= 4 is 22.3 Å². The first-order chi connectivity index (χ1) is 10.1. The summed E-state index contributed by atoms with van der Waals surface area (Å²) in [5.41, 5.74) is 2.99. The zero-order valence-corrected chi connectivity index (χ0v) is 13.2. The molecule has 2 heterocycles. The zero-order chi connectivity index (χ0) is 15.0. The second kappa shape index (κ2) is 5.62. The third-order valence-electron chi connectivity index (χ3n) is 3.77. The molecule has 3 rings (SSSR count). The van der Waals surface area contributed by atoms with Crippen LogP contribution in [0.2, 0.25) is 0 Å². The molecule has 0 saturated heterocycles. The van der Waals surface area contributed by atoms with Crippen molar-refractivity contribution in [2.24, 2.45) is 0 Å². The van der Waals surface area contributed by atoms with Gasteiger partial charge in [-0.3, -0.25) is 0 Å². The van der Waals surface area contributed by atoms with Crippen LogP contribution >= 0.6 is 11.3 Å². The summed E-state index contributed by atoms with van der Waals surface area (Å²) in [5.74, 6) is 0.647. The van der Waals surface area contributed by atoms with Gasteiger partial charge in [-0.2, -0.15) is 0 Å². The second-order valence-electron chi connectivity index (χ2n) is 5.19. The van der Waals surface area contributed by atoms with Gasteiger partial charge < -0.3 is 9.73 Å². The maximum absolute atomic E-state index is 13.5. The van der Waals surface area contributed by atoms with Crippen LogP contribution in [-0.2, 0) is 0 Å². The van der Waals surface area contributed by atoms with Crippen LogP contribution in [0.3, 0.4) is 0 Å². The normalized spacial score (nSPS) is 13.0. The predicted octanol–water partition coefficient (Wildman–Crippen LogP) is 4.95. The fourth-order valence-corrected chi connectivity index (χ4v) is 3.68. The van der Waals surface area contributed by atoms with Gasteiger partial charge in [-0.25, -0.2) is 4.39 Å². The highest BCUT2D eigenvalue weighted by molar-refractivity contribution is 7.10. The monoisotopic (exact) mass is 303 g/mol. The highest BCUT2D eigenvalue weighted by atomic mass is 32.1. The lowest BCUT2D eigenvalue weighted by Gasteiger charge is -2.16. The molecule has 21 heavy (non-hydrogen) atoms. The van der Waals surface area contributed by atoms with Crippen LogP contribution in [-0.4, -0.2) is 6.54 Å². The van der Waals surface area contributed by atoms with E-state index in [1.807, 2.05) is 6.92 Å². The molecule has 2 aromatic heterocycles. The number of hydrogen-bond donors (Lipinski definition) is 1.